The summed E-state index contributed by atoms with van der Waals surface area (Å²) in [5, 5.41) is 1.09. The number of urea groups is 1. The Hall–Kier alpha value is -1.63. The highest BCUT2D eigenvalue weighted by Gasteiger charge is 2.17. The number of halogens is 2. The molecule has 1 aromatic rings. The minimum Gasteiger partial charge on any atom is -0.351 e. The van der Waals surface area contributed by atoms with E-state index in [9.17, 15) is 18.4 Å². The van der Waals surface area contributed by atoms with Gasteiger partial charge in [-0.05, 0) is 25.1 Å². The minimum absolute atomic E-state index is 0.00267. The predicted octanol–water partition coefficient (Wildman–Crippen LogP) is 1.64. The average Bonchev–Trinajstić information content (AvgIpc) is 2.22. The zero-order chi connectivity index (χ0) is 13.0. The van der Waals surface area contributed by atoms with Crippen LogP contribution in [0.25, 0.3) is 0 Å². The van der Waals surface area contributed by atoms with Crippen LogP contribution >= 0.6 is 11.8 Å². The molecule has 0 aliphatic rings. The van der Waals surface area contributed by atoms with Crippen molar-refractivity contribution in [1.82, 2.24) is 5.32 Å². The van der Waals surface area contributed by atoms with E-state index in [4.69, 9.17) is 5.73 Å². The third-order valence-electron chi connectivity index (χ3n) is 1.81. The van der Waals surface area contributed by atoms with Crippen LogP contribution in [0.3, 0.4) is 0 Å². The minimum atomic E-state index is -0.984. The fourth-order valence-electron chi connectivity index (χ4n) is 1.03. The summed E-state index contributed by atoms with van der Waals surface area (Å²) in [5.41, 5.74) is 4.76. The highest BCUT2D eigenvalue weighted by Crippen LogP contribution is 2.26. The lowest BCUT2D eigenvalue weighted by atomic mass is 10.3. The first-order chi connectivity index (χ1) is 7.90. The van der Waals surface area contributed by atoms with Crippen LogP contribution in [0.2, 0.25) is 0 Å². The Kier molecular flexibility index (Phi) is 4.45. The molecule has 0 radical (unpaired) electrons. The largest absolute Gasteiger partial charge is 0.351 e. The normalized spacial score (nSPS) is 11.9. The maximum Gasteiger partial charge on any atom is 0.318 e. The van der Waals surface area contributed by atoms with E-state index < -0.39 is 28.8 Å². The summed E-state index contributed by atoms with van der Waals surface area (Å²) in [4.78, 5) is 21.7. The van der Waals surface area contributed by atoms with Crippen molar-refractivity contribution in [2.24, 2.45) is 5.73 Å². The first-order valence-corrected chi connectivity index (χ1v) is 5.50. The second-order valence-electron chi connectivity index (χ2n) is 3.19. The summed E-state index contributed by atoms with van der Waals surface area (Å²) in [7, 11) is 0. The first-order valence-electron chi connectivity index (χ1n) is 4.62. The summed E-state index contributed by atoms with van der Waals surface area (Å²) in [6.07, 6.45) is 0. The van der Waals surface area contributed by atoms with E-state index in [1.165, 1.54) is 6.92 Å². The number of thioether (sulfide) groups is 1. The summed E-state index contributed by atoms with van der Waals surface area (Å²) >= 11 is 0.800. The molecule has 92 valence electrons. The van der Waals surface area contributed by atoms with E-state index in [1.54, 1.807) is 0 Å². The lowest BCUT2D eigenvalue weighted by Crippen LogP contribution is -2.39. The van der Waals surface area contributed by atoms with Gasteiger partial charge < -0.3 is 5.73 Å². The van der Waals surface area contributed by atoms with Crippen molar-refractivity contribution < 1.29 is 18.4 Å². The molecule has 1 aromatic carbocycles. The van der Waals surface area contributed by atoms with Gasteiger partial charge in [-0.3, -0.25) is 10.1 Å². The number of amides is 3. The molecule has 0 saturated carbocycles. The van der Waals surface area contributed by atoms with E-state index >= 15 is 0 Å². The summed E-state index contributed by atoms with van der Waals surface area (Å²) in [6.45, 7) is 1.45. The zero-order valence-electron chi connectivity index (χ0n) is 8.87. The number of nitrogens with one attached hydrogen (secondary N) is 1. The number of hydrogen-bond acceptors (Lipinski definition) is 3. The molecule has 0 heterocycles. The van der Waals surface area contributed by atoms with Gasteiger partial charge in [0.2, 0.25) is 5.91 Å². The fraction of sp³-hybridized carbons (Fsp3) is 0.200. The molecule has 0 aromatic heterocycles. The summed E-state index contributed by atoms with van der Waals surface area (Å²) in [6, 6.07) is 1.94. The Balaban J connectivity index is 2.73. The monoisotopic (exact) mass is 260 g/mol. The van der Waals surface area contributed by atoms with Gasteiger partial charge in [0.1, 0.15) is 11.6 Å². The van der Waals surface area contributed by atoms with Crippen molar-refractivity contribution in [2.45, 2.75) is 17.1 Å². The maximum atomic E-state index is 13.2. The Labute approximate surface area is 101 Å². The van der Waals surface area contributed by atoms with Gasteiger partial charge in [-0.2, -0.15) is 0 Å². The Morgan fingerprint density at radius 3 is 2.65 bits per heavy atom. The molecule has 3 N–H and O–H groups in total. The number of carbonyl (C=O) groups is 2. The number of primary amides is 1. The van der Waals surface area contributed by atoms with Crippen LogP contribution in [-0.2, 0) is 4.79 Å². The van der Waals surface area contributed by atoms with Crippen molar-refractivity contribution in [3.63, 3.8) is 0 Å². The third kappa shape index (κ3) is 4.03. The number of imide groups is 1. The van der Waals surface area contributed by atoms with Crippen LogP contribution in [-0.4, -0.2) is 17.2 Å². The molecule has 0 spiro atoms. The highest BCUT2D eigenvalue weighted by molar-refractivity contribution is 8.00. The number of rotatable bonds is 3. The fourth-order valence-corrected chi connectivity index (χ4v) is 1.94. The molecule has 1 atom stereocenters. The van der Waals surface area contributed by atoms with Crippen LogP contribution in [0.4, 0.5) is 13.6 Å². The van der Waals surface area contributed by atoms with E-state index in [0.717, 1.165) is 30.0 Å². The van der Waals surface area contributed by atoms with Gasteiger partial charge in [-0.15, -0.1) is 11.8 Å². The standard InChI is InChI=1S/C10H10F2N2O2S/c1-5(9(15)14-10(13)16)17-8-4-6(11)2-3-7(8)12/h2-5H,1H3,(H3,13,14,15,16)/t5-/m0/s1. The molecule has 0 aliphatic heterocycles. The van der Waals surface area contributed by atoms with Gasteiger partial charge in [-0.1, -0.05) is 0 Å². The lowest BCUT2D eigenvalue weighted by molar-refractivity contribution is -0.119. The van der Waals surface area contributed by atoms with Crippen molar-refractivity contribution in [3.05, 3.63) is 29.8 Å². The molecule has 7 heteroatoms. The molecular formula is C10H10F2N2O2S. The number of carbonyl (C=O) groups excluding carboxylic acids is 2. The zero-order valence-corrected chi connectivity index (χ0v) is 9.68. The number of benzene rings is 1. The van der Waals surface area contributed by atoms with Gasteiger partial charge in [-0.25, -0.2) is 13.6 Å². The lowest BCUT2D eigenvalue weighted by Gasteiger charge is -2.10. The second-order valence-corrected chi connectivity index (χ2v) is 4.57. The Morgan fingerprint density at radius 2 is 2.06 bits per heavy atom. The molecule has 17 heavy (non-hydrogen) atoms. The third-order valence-corrected chi connectivity index (χ3v) is 2.95. The van der Waals surface area contributed by atoms with Crippen molar-refractivity contribution >= 4 is 23.7 Å². The van der Waals surface area contributed by atoms with Crippen LogP contribution in [0.15, 0.2) is 23.1 Å². The van der Waals surface area contributed by atoms with Crippen LogP contribution in [0.1, 0.15) is 6.92 Å². The Bertz CT molecular complexity index is 454. The average molecular weight is 260 g/mol. The van der Waals surface area contributed by atoms with Crippen molar-refractivity contribution in [1.29, 1.82) is 0 Å². The van der Waals surface area contributed by atoms with Crippen LogP contribution < -0.4 is 11.1 Å². The number of hydrogen-bond donors (Lipinski definition) is 2. The first kappa shape index (κ1) is 13.4. The van der Waals surface area contributed by atoms with Gasteiger partial charge in [0.25, 0.3) is 0 Å². The quantitative estimate of drug-likeness (QED) is 0.811. The van der Waals surface area contributed by atoms with Crippen LogP contribution in [0.5, 0.6) is 0 Å². The molecule has 0 saturated heterocycles. The molecule has 0 fully saturated rings. The highest BCUT2D eigenvalue weighted by atomic mass is 32.2. The molecule has 1 rings (SSSR count). The molecule has 3 amide bonds. The number of nitrogens with two attached hydrogens (primary N) is 1. The van der Waals surface area contributed by atoms with Crippen molar-refractivity contribution in [2.75, 3.05) is 0 Å². The molecule has 0 unspecified atom stereocenters. The van der Waals surface area contributed by atoms with Gasteiger partial charge in [0.15, 0.2) is 0 Å². The van der Waals surface area contributed by atoms with E-state index in [-0.39, 0.29) is 4.90 Å². The SMILES string of the molecule is C[C@H](Sc1cc(F)ccc1F)C(=O)NC(N)=O. The topological polar surface area (TPSA) is 72.2 Å². The predicted molar refractivity (Wildman–Crippen MR) is 59.4 cm³/mol. The Morgan fingerprint density at radius 1 is 1.41 bits per heavy atom. The molecular weight excluding hydrogens is 250 g/mol. The molecule has 4 nitrogen and oxygen atoms in total. The van der Waals surface area contributed by atoms with Crippen molar-refractivity contribution in [3.8, 4) is 0 Å². The summed E-state index contributed by atoms with van der Waals surface area (Å²) < 4.78 is 26.1. The van der Waals surface area contributed by atoms with E-state index in [1.807, 2.05) is 5.32 Å². The van der Waals surface area contributed by atoms with E-state index in [2.05, 4.69) is 0 Å². The van der Waals surface area contributed by atoms with E-state index in [0.29, 0.717) is 0 Å². The van der Waals surface area contributed by atoms with Gasteiger partial charge in [0, 0.05) is 4.90 Å². The smallest absolute Gasteiger partial charge is 0.318 e. The second kappa shape index (κ2) is 5.62. The summed E-state index contributed by atoms with van der Waals surface area (Å²) in [5.74, 6) is -1.89. The molecule has 0 aliphatic carbocycles. The van der Waals surface area contributed by atoms with Crippen LogP contribution in [0, 0.1) is 11.6 Å². The maximum absolute atomic E-state index is 13.2. The van der Waals surface area contributed by atoms with Gasteiger partial charge in [0.05, 0.1) is 5.25 Å². The van der Waals surface area contributed by atoms with Gasteiger partial charge >= 0.3 is 6.03 Å². The molecule has 0 bridgehead atoms.